The van der Waals surface area contributed by atoms with E-state index in [1.165, 1.54) is 64.2 Å². The van der Waals surface area contributed by atoms with Crippen molar-refractivity contribution in [1.82, 2.24) is 4.90 Å². The molecule has 0 radical (unpaired) electrons. The summed E-state index contributed by atoms with van der Waals surface area (Å²) >= 11 is 0. The fraction of sp³-hybridized carbons (Fsp3) is 0.875. The van der Waals surface area contributed by atoms with Crippen LogP contribution in [0.4, 0.5) is 0 Å². The van der Waals surface area contributed by atoms with Crippen molar-refractivity contribution in [2.24, 2.45) is 0 Å². The second kappa shape index (κ2) is 7.26. The summed E-state index contributed by atoms with van der Waals surface area (Å²) in [4.78, 5) is 2.01. The van der Waals surface area contributed by atoms with Gasteiger partial charge in [-0.2, -0.15) is 0 Å². The van der Waals surface area contributed by atoms with Crippen molar-refractivity contribution >= 4 is 6.92 Å². The molecule has 0 saturated heterocycles. The van der Waals surface area contributed by atoms with Gasteiger partial charge in [0.15, 0.2) is 5.88 Å². The summed E-state index contributed by atoms with van der Waals surface area (Å²) in [6.45, 7) is 4.51. The molecule has 2 aliphatic carbocycles. The number of nitrogens with zero attached hydrogens (tertiary/aromatic N) is 1. The molecular formula is C16H30BNO. The zero-order valence-corrected chi connectivity index (χ0v) is 12.9. The third kappa shape index (κ3) is 4.19. The second-order valence-electron chi connectivity index (χ2n) is 6.67. The summed E-state index contributed by atoms with van der Waals surface area (Å²) in [5, 5.41) is 0. The van der Waals surface area contributed by atoms with E-state index in [0.29, 0.717) is 6.92 Å². The third-order valence-electron chi connectivity index (χ3n) is 5.00. The Morgan fingerprint density at radius 3 is 1.68 bits per heavy atom. The monoisotopic (exact) mass is 263 g/mol. The minimum atomic E-state index is 0.426. The van der Waals surface area contributed by atoms with Gasteiger partial charge >= 0.3 is 6.92 Å². The molecule has 0 aliphatic heterocycles. The summed E-state index contributed by atoms with van der Waals surface area (Å²) in [5.41, 5.74) is 0. The highest BCUT2D eigenvalue weighted by Crippen LogP contribution is 2.42. The molecule has 2 nitrogen and oxygen atoms in total. The molecule has 0 aromatic carbocycles. The summed E-state index contributed by atoms with van der Waals surface area (Å²) in [6, 6.07) is 0. The summed E-state index contributed by atoms with van der Waals surface area (Å²) in [5.74, 6) is 2.39. The van der Waals surface area contributed by atoms with Gasteiger partial charge in [-0.1, -0.05) is 64.2 Å². The van der Waals surface area contributed by atoms with Crippen molar-refractivity contribution in [3.8, 4) is 0 Å². The Labute approximate surface area is 119 Å². The number of hydrogen-bond donors (Lipinski definition) is 0. The molecule has 0 atom stereocenters. The Balaban J connectivity index is 2.00. The molecule has 0 N–H and O–H groups in total. The van der Waals surface area contributed by atoms with E-state index in [9.17, 15) is 0 Å². The van der Waals surface area contributed by atoms with Crippen molar-refractivity contribution in [2.75, 3.05) is 14.1 Å². The van der Waals surface area contributed by atoms with Crippen molar-refractivity contribution < 1.29 is 4.65 Å². The molecule has 0 heterocycles. The summed E-state index contributed by atoms with van der Waals surface area (Å²) in [7, 11) is 4.06. The summed E-state index contributed by atoms with van der Waals surface area (Å²) in [6.07, 6.45) is 13.9. The van der Waals surface area contributed by atoms with Crippen LogP contribution in [0.1, 0.15) is 64.2 Å². The first-order valence-electron chi connectivity index (χ1n) is 8.21. The SMILES string of the molecule is C=C(OB(C1CCCCC1)C1CCCCC1)N(C)C. The van der Waals surface area contributed by atoms with Gasteiger partial charge in [-0.05, 0) is 18.2 Å². The van der Waals surface area contributed by atoms with E-state index in [-0.39, 0.29) is 0 Å². The standard InChI is InChI=1S/C16H30BNO/c1-14(18(2)3)19-17(15-10-6-4-7-11-15)16-12-8-5-9-13-16/h15-16H,1,4-13H2,2-3H3. The largest absolute Gasteiger partial charge is 0.549 e. The van der Waals surface area contributed by atoms with Gasteiger partial charge < -0.3 is 9.55 Å². The van der Waals surface area contributed by atoms with E-state index in [4.69, 9.17) is 4.65 Å². The van der Waals surface area contributed by atoms with Crippen LogP contribution < -0.4 is 0 Å². The highest BCUT2D eigenvalue weighted by Gasteiger charge is 2.38. The maximum atomic E-state index is 6.32. The van der Waals surface area contributed by atoms with Crippen LogP contribution in [0.2, 0.25) is 11.6 Å². The number of hydrogen-bond acceptors (Lipinski definition) is 2. The maximum absolute atomic E-state index is 6.32. The van der Waals surface area contributed by atoms with Crippen LogP contribution in [0.25, 0.3) is 0 Å². The lowest BCUT2D eigenvalue weighted by Crippen LogP contribution is -2.35. The maximum Gasteiger partial charge on any atom is 0.365 e. The molecule has 3 heteroatoms. The molecule has 0 bridgehead atoms. The van der Waals surface area contributed by atoms with Gasteiger partial charge in [-0.25, -0.2) is 0 Å². The molecule has 0 amide bonds. The molecule has 2 aliphatic rings. The van der Waals surface area contributed by atoms with Crippen LogP contribution in [-0.4, -0.2) is 25.9 Å². The lowest BCUT2D eigenvalue weighted by Gasteiger charge is -2.36. The Kier molecular flexibility index (Phi) is 5.66. The molecule has 2 rings (SSSR count). The quantitative estimate of drug-likeness (QED) is 0.526. The van der Waals surface area contributed by atoms with Crippen LogP contribution in [-0.2, 0) is 4.65 Å². The average Bonchev–Trinajstić information content (AvgIpc) is 2.46. The van der Waals surface area contributed by atoms with Gasteiger partial charge in [0.25, 0.3) is 0 Å². The fourth-order valence-corrected chi connectivity index (χ4v) is 3.77. The van der Waals surface area contributed by atoms with Crippen LogP contribution in [0, 0.1) is 0 Å². The Bertz CT molecular complexity index is 262. The van der Waals surface area contributed by atoms with Crippen LogP contribution in [0.15, 0.2) is 12.5 Å². The van der Waals surface area contributed by atoms with Gasteiger partial charge in [-0.15, -0.1) is 0 Å². The van der Waals surface area contributed by atoms with Gasteiger partial charge in [0.1, 0.15) is 0 Å². The molecule has 0 unspecified atom stereocenters. The zero-order valence-electron chi connectivity index (χ0n) is 12.9. The lowest BCUT2D eigenvalue weighted by molar-refractivity contribution is 0.261. The minimum Gasteiger partial charge on any atom is -0.549 e. The molecule has 19 heavy (non-hydrogen) atoms. The zero-order chi connectivity index (χ0) is 13.7. The highest BCUT2D eigenvalue weighted by molar-refractivity contribution is 6.55. The summed E-state index contributed by atoms with van der Waals surface area (Å²) < 4.78 is 6.32. The first-order valence-corrected chi connectivity index (χ1v) is 8.21. The smallest absolute Gasteiger partial charge is 0.365 e. The normalized spacial score (nSPS) is 22.0. The van der Waals surface area contributed by atoms with E-state index < -0.39 is 0 Å². The van der Waals surface area contributed by atoms with E-state index in [1.54, 1.807) is 0 Å². The molecular weight excluding hydrogens is 233 g/mol. The molecule has 2 saturated carbocycles. The molecule has 0 spiro atoms. The van der Waals surface area contributed by atoms with Crippen molar-refractivity contribution in [3.05, 3.63) is 12.5 Å². The van der Waals surface area contributed by atoms with Crippen LogP contribution in [0.3, 0.4) is 0 Å². The first-order chi connectivity index (χ1) is 9.18. The van der Waals surface area contributed by atoms with Crippen LogP contribution >= 0.6 is 0 Å². The predicted octanol–water partition coefficient (Wildman–Crippen LogP) is 4.70. The predicted molar refractivity (Wildman–Crippen MR) is 83.3 cm³/mol. The Morgan fingerprint density at radius 2 is 1.32 bits per heavy atom. The second-order valence-corrected chi connectivity index (χ2v) is 6.67. The van der Waals surface area contributed by atoms with E-state index in [2.05, 4.69) is 6.58 Å². The van der Waals surface area contributed by atoms with Crippen molar-refractivity contribution in [1.29, 1.82) is 0 Å². The van der Waals surface area contributed by atoms with E-state index >= 15 is 0 Å². The fourth-order valence-electron chi connectivity index (χ4n) is 3.77. The molecule has 108 valence electrons. The molecule has 0 aromatic rings. The minimum absolute atomic E-state index is 0.426. The van der Waals surface area contributed by atoms with E-state index in [1.807, 2.05) is 19.0 Å². The van der Waals surface area contributed by atoms with Gasteiger partial charge in [-0.3, -0.25) is 0 Å². The van der Waals surface area contributed by atoms with Gasteiger partial charge in [0.05, 0.1) is 0 Å². The van der Waals surface area contributed by atoms with Crippen LogP contribution in [0.5, 0.6) is 0 Å². The molecule has 2 fully saturated rings. The highest BCUT2D eigenvalue weighted by atomic mass is 16.5. The Hall–Kier alpha value is -0.595. The van der Waals surface area contributed by atoms with Crippen molar-refractivity contribution in [3.63, 3.8) is 0 Å². The Morgan fingerprint density at radius 1 is 0.895 bits per heavy atom. The van der Waals surface area contributed by atoms with Gasteiger partial charge in [0.2, 0.25) is 0 Å². The average molecular weight is 263 g/mol. The van der Waals surface area contributed by atoms with E-state index in [0.717, 1.165) is 17.5 Å². The number of rotatable bonds is 5. The lowest BCUT2D eigenvalue weighted by atomic mass is 9.42. The topological polar surface area (TPSA) is 12.5 Å². The van der Waals surface area contributed by atoms with Crippen molar-refractivity contribution in [2.45, 2.75) is 75.8 Å². The third-order valence-corrected chi connectivity index (χ3v) is 5.00. The first kappa shape index (κ1) is 14.8. The van der Waals surface area contributed by atoms with Gasteiger partial charge in [0, 0.05) is 14.1 Å². The molecule has 0 aromatic heterocycles.